The third-order valence-corrected chi connectivity index (χ3v) is 3.85. The Labute approximate surface area is 134 Å². The van der Waals surface area contributed by atoms with Crippen LogP contribution in [0.5, 0.6) is 0 Å². The van der Waals surface area contributed by atoms with Gasteiger partial charge >= 0.3 is 0 Å². The van der Waals surface area contributed by atoms with Crippen LogP contribution in [0.3, 0.4) is 0 Å². The summed E-state index contributed by atoms with van der Waals surface area (Å²) in [7, 11) is 1.73. The molecule has 0 saturated carbocycles. The Morgan fingerprint density at radius 1 is 1.19 bits per heavy atom. The number of rotatable bonds is 3. The molecule has 0 unspecified atom stereocenters. The summed E-state index contributed by atoms with van der Waals surface area (Å²) in [4.78, 5) is 14.1. The van der Waals surface area contributed by atoms with Gasteiger partial charge in [0, 0.05) is 34.9 Å². The summed E-state index contributed by atoms with van der Waals surface area (Å²) in [6.45, 7) is 2.26. The number of hydrogen-bond acceptors (Lipinski definition) is 2. The molecule has 0 spiro atoms. The number of amides is 1. The first kappa shape index (κ1) is 15.7. The molecular formula is C16H16Cl2N2O. The van der Waals surface area contributed by atoms with Crippen molar-refractivity contribution in [2.75, 3.05) is 12.8 Å². The third kappa shape index (κ3) is 3.69. The highest BCUT2D eigenvalue weighted by Crippen LogP contribution is 2.22. The van der Waals surface area contributed by atoms with Gasteiger partial charge in [-0.15, -0.1) is 0 Å². The fraction of sp³-hybridized carbons (Fsp3) is 0.188. The quantitative estimate of drug-likeness (QED) is 0.862. The maximum Gasteiger partial charge on any atom is 0.254 e. The lowest BCUT2D eigenvalue weighted by Crippen LogP contribution is -2.27. The largest absolute Gasteiger partial charge is 0.399 e. The van der Waals surface area contributed by atoms with Gasteiger partial charge in [-0.25, -0.2) is 0 Å². The molecule has 0 atom stereocenters. The Balaban J connectivity index is 2.21. The van der Waals surface area contributed by atoms with Gasteiger partial charge in [-0.3, -0.25) is 4.79 Å². The molecule has 3 nitrogen and oxygen atoms in total. The van der Waals surface area contributed by atoms with E-state index >= 15 is 0 Å². The van der Waals surface area contributed by atoms with E-state index in [4.69, 9.17) is 28.9 Å². The second kappa shape index (κ2) is 6.37. The summed E-state index contributed by atoms with van der Waals surface area (Å²) < 4.78 is 0. The van der Waals surface area contributed by atoms with Crippen LogP contribution < -0.4 is 5.73 Å². The molecule has 21 heavy (non-hydrogen) atoms. The molecular weight excluding hydrogens is 307 g/mol. The smallest absolute Gasteiger partial charge is 0.254 e. The molecule has 0 aliphatic carbocycles. The highest BCUT2D eigenvalue weighted by atomic mass is 35.5. The number of hydrogen-bond donors (Lipinski definition) is 1. The molecule has 1 amide bonds. The molecule has 2 N–H and O–H groups in total. The molecule has 0 radical (unpaired) electrons. The SMILES string of the molecule is Cc1cc(Cl)ccc1C(=O)N(C)Cc1cc(N)ccc1Cl. The lowest BCUT2D eigenvalue weighted by molar-refractivity contribution is 0.0784. The van der Waals surface area contributed by atoms with Gasteiger partial charge in [-0.2, -0.15) is 0 Å². The van der Waals surface area contributed by atoms with Crippen LogP contribution >= 0.6 is 23.2 Å². The van der Waals surface area contributed by atoms with E-state index in [2.05, 4.69) is 0 Å². The number of carbonyl (C=O) groups is 1. The molecule has 0 aromatic heterocycles. The maximum atomic E-state index is 12.5. The molecule has 0 heterocycles. The van der Waals surface area contributed by atoms with Gasteiger partial charge in [0.15, 0.2) is 0 Å². The van der Waals surface area contributed by atoms with Crippen molar-refractivity contribution in [2.24, 2.45) is 0 Å². The van der Waals surface area contributed by atoms with Gasteiger partial charge in [0.2, 0.25) is 0 Å². The molecule has 0 fully saturated rings. The summed E-state index contributed by atoms with van der Waals surface area (Å²) in [6, 6.07) is 10.5. The van der Waals surface area contributed by atoms with Crippen molar-refractivity contribution in [3.63, 3.8) is 0 Å². The second-order valence-corrected chi connectivity index (χ2v) is 5.81. The average molecular weight is 323 g/mol. The van der Waals surface area contributed by atoms with Crippen molar-refractivity contribution in [3.8, 4) is 0 Å². The highest BCUT2D eigenvalue weighted by Gasteiger charge is 2.15. The zero-order valence-electron chi connectivity index (χ0n) is 11.9. The summed E-state index contributed by atoms with van der Waals surface area (Å²) in [5, 5.41) is 1.21. The van der Waals surface area contributed by atoms with Crippen LogP contribution in [0.15, 0.2) is 36.4 Å². The first-order valence-corrected chi connectivity index (χ1v) is 7.19. The molecule has 0 aliphatic rings. The van der Waals surface area contributed by atoms with E-state index in [-0.39, 0.29) is 5.91 Å². The Morgan fingerprint density at radius 3 is 2.57 bits per heavy atom. The van der Waals surface area contributed by atoms with Crippen LogP contribution in [0, 0.1) is 6.92 Å². The van der Waals surface area contributed by atoms with Gasteiger partial charge in [0.05, 0.1) is 0 Å². The molecule has 110 valence electrons. The lowest BCUT2D eigenvalue weighted by Gasteiger charge is -2.19. The van der Waals surface area contributed by atoms with Crippen LogP contribution in [-0.2, 0) is 6.54 Å². The summed E-state index contributed by atoms with van der Waals surface area (Å²) >= 11 is 12.0. The van der Waals surface area contributed by atoms with Gasteiger partial charge in [-0.1, -0.05) is 23.2 Å². The van der Waals surface area contributed by atoms with Crippen molar-refractivity contribution < 1.29 is 4.79 Å². The highest BCUT2D eigenvalue weighted by molar-refractivity contribution is 6.31. The molecule has 5 heteroatoms. The summed E-state index contributed by atoms with van der Waals surface area (Å²) in [6.07, 6.45) is 0. The van der Waals surface area contributed by atoms with Crippen LogP contribution in [-0.4, -0.2) is 17.9 Å². The van der Waals surface area contributed by atoms with Crippen LogP contribution in [0.4, 0.5) is 5.69 Å². The van der Waals surface area contributed by atoms with Gasteiger partial charge in [-0.05, 0) is 54.4 Å². The molecule has 2 rings (SSSR count). The van der Waals surface area contributed by atoms with Crippen LogP contribution in [0.2, 0.25) is 10.0 Å². The fourth-order valence-electron chi connectivity index (χ4n) is 2.12. The minimum Gasteiger partial charge on any atom is -0.399 e. The number of nitrogens with two attached hydrogens (primary N) is 1. The van der Waals surface area contributed by atoms with Gasteiger partial charge < -0.3 is 10.6 Å². The topological polar surface area (TPSA) is 46.3 Å². The van der Waals surface area contributed by atoms with E-state index in [1.807, 2.05) is 6.92 Å². The normalized spacial score (nSPS) is 10.5. The van der Waals surface area contributed by atoms with Crippen molar-refractivity contribution in [3.05, 3.63) is 63.1 Å². The Morgan fingerprint density at radius 2 is 1.90 bits per heavy atom. The third-order valence-electron chi connectivity index (χ3n) is 3.24. The first-order valence-electron chi connectivity index (χ1n) is 6.44. The number of aryl methyl sites for hydroxylation is 1. The number of anilines is 1. The van der Waals surface area contributed by atoms with Crippen LogP contribution in [0.1, 0.15) is 21.5 Å². The standard InChI is InChI=1S/C16H16Cl2N2O/c1-10-7-12(17)3-5-14(10)16(21)20(2)9-11-8-13(19)4-6-15(11)18/h3-8H,9,19H2,1-2H3. The van der Waals surface area contributed by atoms with E-state index in [1.54, 1.807) is 48.3 Å². The average Bonchev–Trinajstić information content (AvgIpc) is 2.42. The maximum absolute atomic E-state index is 12.5. The predicted octanol–water partition coefficient (Wildman–Crippen LogP) is 4.16. The van der Waals surface area contributed by atoms with Crippen LogP contribution in [0.25, 0.3) is 0 Å². The van der Waals surface area contributed by atoms with E-state index in [0.29, 0.717) is 27.8 Å². The molecule has 2 aromatic rings. The molecule has 0 aliphatic heterocycles. The Hall–Kier alpha value is -1.71. The lowest BCUT2D eigenvalue weighted by atomic mass is 10.1. The van der Waals surface area contributed by atoms with E-state index < -0.39 is 0 Å². The molecule has 0 saturated heterocycles. The first-order chi connectivity index (χ1) is 9.88. The number of nitrogen functional groups attached to an aromatic ring is 1. The number of carbonyl (C=O) groups excluding carboxylic acids is 1. The summed E-state index contributed by atoms with van der Waals surface area (Å²) in [5.74, 6) is -0.0809. The predicted molar refractivity (Wildman–Crippen MR) is 87.9 cm³/mol. The number of nitrogens with zero attached hydrogens (tertiary/aromatic N) is 1. The van der Waals surface area contributed by atoms with Crippen molar-refractivity contribution in [2.45, 2.75) is 13.5 Å². The second-order valence-electron chi connectivity index (χ2n) is 4.97. The number of halogens is 2. The monoisotopic (exact) mass is 322 g/mol. The number of benzene rings is 2. The van der Waals surface area contributed by atoms with E-state index in [0.717, 1.165) is 11.1 Å². The van der Waals surface area contributed by atoms with Gasteiger partial charge in [0.1, 0.15) is 0 Å². The minimum atomic E-state index is -0.0809. The Bertz CT molecular complexity index is 686. The van der Waals surface area contributed by atoms with Crippen molar-refractivity contribution in [1.82, 2.24) is 4.90 Å². The fourth-order valence-corrected chi connectivity index (χ4v) is 2.52. The van der Waals surface area contributed by atoms with Gasteiger partial charge in [0.25, 0.3) is 5.91 Å². The molecule has 2 aromatic carbocycles. The zero-order chi connectivity index (χ0) is 15.6. The Kier molecular flexibility index (Phi) is 4.76. The zero-order valence-corrected chi connectivity index (χ0v) is 13.4. The summed E-state index contributed by atoms with van der Waals surface area (Å²) in [5.41, 5.74) is 8.67. The van der Waals surface area contributed by atoms with E-state index in [9.17, 15) is 4.79 Å². The molecule has 0 bridgehead atoms. The van der Waals surface area contributed by atoms with Crippen molar-refractivity contribution in [1.29, 1.82) is 0 Å². The minimum absolute atomic E-state index is 0.0809. The van der Waals surface area contributed by atoms with Crippen molar-refractivity contribution >= 4 is 34.8 Å². The van der Waals surface area contributed by atoms with E-state index in [1.165, 1.54) is 0 Å².